The Morgan fingerprint density at radius 2 is 1.73 bits per heavy atom. The highest BCUT2D eigenvalue weighted by Gasteiger charge is 2.46. The van der Waals surface area contributed by atoms with Gasteiger partial charge < -0.3 is 10.1 Å². The molecule has 0 saturated heterocycles. The van der Waals surface area contributed by atoms with E-state index in [4.69, 9.17) is 0 Å². The van der Waals surface area contributed by atoms with Crippen LogP contribution in [0.25, 0.3) is 5.69 Å². The Hall–Kier alpha value is -4.80. The molecule has 2 amide bonds. The number of halogens is 4. The van der Waals surface area contributed by atoms with Crippen LogP contribution in [0.5, 0.6) is 0 Å². The first-order valence-electron chi connectivity index (χ1n) is 12.8. The quantitative estimate of drug-likeness (QED) is 0.251. The topological polar surface area (TPSA) is 84.3 Å². The molecule has 2 atom stereocenters. The number of hydrogen-bond acceptors (Lipinski definition) is 4. The van der Waals surface area contributed by atoms with Crippen molar-refractivity contribution in [2.75, 3.05) is 11.4 Å². The van der Waals surface area contributed by atoms with E-state index in [1.54, 1.807) is 35.9 Å². The van der Waals surface area contributed by atoms with E-state index in [0.717, 1.165) is 12.1 Å². The lowest BCUT2D eigenvalue weighted by molar-refractivity contribution is -0.137. The number of nitrogens with one attached hydrogen (secondary N) is 1. The molecule has 0 radical (unpaired) electrons. The van der Waals surface area contributed by atoms with Crippen LogP contribution >= 0.6 is 0 Å². The van der Waals surface area contributed by atoms with Crippen molar-refractivity contribution >= 4 is 23.9 Å². The van der Waals surface area contributed by atoms with Gasteiger partial charge >= 0.3 is 6.18 Å². The molecule has 0 aliphatic carbocycles. The summed E-state index contributed by atoms with van der Waals surface area (Å²) in [5.74, 6) is -2.50. The number of nitrogens with zero attached hydrogens (tertiary/aromatic N) is 3. The van der Waals surface area contributed by atoms with Crippen LogP contribution in [0.3, 0.4) is 0 Å². The highest BCUT2D eigenvalue weighted by atomic mass is 19.4. The fourth-order valence-corrected chi connectivity index (χ4v) is 5.15. The maximum Gasteiger partial charge on any atom is 0.416 e. The van der Waals surface area contributed by atoms with E-state index >= 15 is 0 Å². The summed E-state index contributed by atoms with van der Waals surface area (Å²) in [5.41, 5.74) is 0.598. The molecule has 210 valence electrons. The zero-order valence-electron chi connectivity index (χ0n) is 21.7. The molecule has 1 aliphatic heterocycles. The number of likely N-dealkylation sites (N-methyl/N-ethyl adjacent to an activating group) is 1. The predicted molar refractivity (Wildman–Crippen MR) is 142 cm³/mol. The highest BCUT2D eigenvalue weighted by Crippen LogP contribution is 2.43. The van der Waals surface area contributed by atoms with Crippen LogP contribution in [0.2, 0.25) is 0 Å². The number of hydrogen-bond donors (Lipinski definition) is 1. The van der Waals surface area contributed by atoms with Crippen LogP contribution in [0.4, 0.5) is 23.4 Å². The van der Waals surface area contributed by atoms with Crippen molar-refractivity contribution in [2.45, 2.75) is 31.5 Å². The van der Waals surface area contributed by atoms with Gasteiger partial charge in [-0.1, -0.05) is 36.4 Å². The van der Waals surface area contributed by atoms with Gasteiger partial charge in [0.15, 0.2) is 0 Å². The van der Waals surface area contributed by atoms with Crippen molar-refractivity contribution in [3.05, 3.63) is 113 Å². The second-order valence-corrected chi connectivity index (χ2v) is 9.44. The smallest absolute Gasteiger partial charge is 0.339 e. The minimum Gasteiger partial charge on any atom is -0.339 e. The minimum absolute atomic E-state index is 0.111. The molecule has 11 heteroatoms. The minimum atomic E-state index is -4.67. The first-order valence-corrected chi connectivity index (χ1v) is 12.8. The normalized spacial score (nSPS) is 16.8. The molecule has 0 saturated carbocycles. The van der Waals surface area contributed by atoms with E-state index in [1.165, 1.54) is 35.2 Å². The Kier molecular flexibility index (Phi) is 7.44. The van der Waals surface area contributed by atoms with E-state index in [9.17, 15) is 31.9 Å². The third-order valence-corrected chi connectivity index (χ3v) is 6.97. The number of para-hydroxylation sites is 1. The summed E-state index contributed by atoms with van der Waals surface area (Å²) in [6.07, 6.45) is -4.11. The molecule has 3 aromatic carbocycles. The summed E-state index contributed by atoms with van der Waals surface area (Å²) in [6, 6.07) is 16.9. The van der Waals surface area contributed by atoms with Crippen molar-refractivity contribution in [1.82, 2.24) is 15.1 Å². The molecule has 2 heterocycles. The van der Waals surface area contributed by atoms with E-state index in [0.29, 0.717) is 40.7 Å². The predicted octanol–water partition coefficient (Wildman–Crippen LogP) is 5.07. The third-order valence-electron chi connectivity index (χ3n) is 6.97. The molecule has 4 aromatic rings. The van der Waals surface area contributed by atoms with Gasteiger partial charge in [0.2, 0.25) is 0 Å². The van der Waals surface area contributed by atoms with E-state index in [1.807, 2.05) is 6.07 Å². The maximum atomic E-state index is 14.1. The van der Waals surface area contributed by atoms with Crippen molar-refractivity contribution in [3.63, 3.8) is 0 Å². The Morgan fingerprint density at radius 1 is 1.02 bits per heavy atom. The maximum absolute atomic E-state index is 14.1. The molecule has 41 heavy (non-hydrogen) atoms. The SMILES string of the molecule is CCN1C(=O)[C@@H](NC(=O)c2cccc(C(F)(F)F)c2)[C@@H](c2ccc(F)cc2)c2c(CC=O)nn(-c3ccccc3)c21. The number of aldehydes is 1. The molecular weight excluding hydrogens is 540 g/mol. The van der Waals surface area contributed by atoms with Crippen LogP contribution in [0, 0.1) is 5.82 Å². The molecule has 0 unspecified atom stereocenters. The van der Waals surface area contributed by atoms with Gasteiger partial charge in [-0.25, -0.2) is 9.07 Å². The fourth-order valence-electron chi connectivity index (χ4n) is 5.15. The van der Waals surface area contributed by atoms with Crippen LogP contribution in [-0.4, -0.2) is 40.5 Å². The van der Waals surface area contributed by atoms with Gasteiger partial charge in [0.25, 0.3) is 11.8 Å². The Bertz CT molecular complexity index is 1600. The second kappa shape index (κ2) is 11.0. The Morgan fingerprint density at radius 3 is 2.37 bits per heavy atom. The molecule has 0 fully saturated rings. The molecule has 0 spiro atoms. The lowest BCUT2D eigenvalue weighted by Gasteiger charge is -2.38. The van der Waals surface area contributed by atoms with E-state index in [2.05, 4.69) is 10.4 Å². The lowest BCUT2D eigenvalue weighted by Crippen LogP contribution is -2.55. The molecule has 1 N–H and O–H groups in total. The summed E-state index contributed by atoms with van der Waals surface area (Å²) in [6.45, 7) is 1.89. The van der Waals surface area contributed by atoms with Crippen LogP contribution in [0.1, 0.15) is 45.6 Å². The number of rotatable bonds is 7. The fraction of sp³-hybridized carbons (Fsp3) is 0.200. The number of carbonyl (C=O) groups is 3. The Labute approximate surface area is 232 Å². The third kappa shape index (κ3) is 5.22. The average Bonchev–Trinajstić information content (AvgIpc) is 3.33. The van der Waals surface area contributed by atoms with Gasteiger partial charge in [0.05, 0.1) is 16.9 Å². The largest absolute Gasteiger partial charge is 0.416 e. The zero-order chi connectivity index (χ0) is 29.3. The van der Waals surface area contributed by atoms with Crippen LogP contribution in [-0.2, 0) is 22.2 Å². The zero-order valence-corrected chi connectivity index (χ0v) is 21.7. The summed E-state index contributed by atoms with van der Waals surface area (Å²) in [7, 11) is 0. The van der Waals surface area contributed by atoms with Gasteiger partial charge in [0.1, 0.15) is 24.0 Å². The van der Waals surface area contributed by atoms with Crippen molar-refractivity contribution in [3.8, 4) is 5.69 Å². The molecule has 5 rings (SSSR count). The van der Waals surface area contributed by atoms with Gasteiger partial charge in [-0.3, -0.25) is 14.5 Å². The van der Waals surface area contributed by atoms with Crippen molar-refractivity contribution in [1.29, 1.82) is 0 Å². The number of fused-ring (bicyclic) bond motifs is 1. The molecule has 7 nitrogen and oxygen atoms in total. The van der Waals surface area contributed by atoms with Gasteiger partial charge in [-0.05, 0) is 55.0 Å². The first-order chi connectivity index (χ1) is 19.6. The summed E-state index contributed by atoms with van der Waals surface area (Å²) in [4.78, 5) is 40.5. The number of amides is 2. The average molecular weight is 565 g/mol. The standard InChI is InChI=1S/C30H24F4N4O3/c1-2-37-28-25(23(15-16-39)36-38(28)22-9-4-3-5-10-22)24(18-11-13-21(31)14-12-18)26(29(37)41)35-27(40)19-7-6-8-20(17-19)30(32,33)34/h3-14,16-17,24,26H,2,15H2,1H3,(H,35,40)/t24-,26-/m0/s1. The van der Waals surface area contributed by atoms with Crippen molar-refractivity contribution in [2.24, 2.45) is 0 Å². The Balaban J connectivity index is 1.69. The van der Waals surface area contributed by atoms with E-state index < -0.39 is 41.3 Å². The number of benzene rings is 3. The van der Waals surface area contributed by atoms with Crippen LogP contribution < -0.4 is 10.2 Å². The van der Waals surface area contributed by atoms with Gasteiger partial charge in [-0.15, -0.1) is 0 Å². The van der Waals surface area contributed by atoms with Crippen molar-refractivity contribution < 1.29 is 31.9 Å². The number of carbonyl (C=O) groups excluding carboxylic acids is 3. The summed E-state index contributed by atoms with van der Waals surface area (Å²) in [5, 5.41) is 7.30. The van der Waals surface area contributed by atoms with Crippen LogP contribution in [0.15, 0.2) is 78.9 Å². The number of anilines is 1. The summed E-state index contributed by atoms with van der Waals surface area (Å²) >= 11 is 0. The molecule has 1 aliphatic rings. The number of alkyl halides is 3. The van der Waals surface area contributed by atoms with Gasteiger partial charge in [-0.2, -0.15) is 18.3 Å². The number of aromatic nitrogens is 2. The lowest BCUT2D eigenvalue weighted by atomic mass is 9.80. The molecule has 1 aromatic heterocycles. The first kappa shape index (κ1) is 27.8. The molecular formula is C30H24F4N4O3. The van der Waals surface area contributed by atoms with Gasteiger partial charge in [0, 0.05) is 30.0 Å². The second-order valence-electron chi connectivity index (χ2n) is 9.44. The summed E-state index contributed by atoms with van der Waals surface area (Å²) < 4.78 is 55.5. The highest BCUT2D eigenvalue weighted by molar-refractivity contribution is 6.05. The molecule has 0 bridgehead atoms. The van der Waals surface area contributed by atoms with E-state index in [-0.39, 0.29) is 18.5 Å². The monoisotopic (exact) mass is 564 g/mol.